The van der Waals surface area contributed by atoms with Crippen LogP contribution in [0.3, 0.4) is 0 Å². The minimum absolute atomic E-state index is 0.526. The molecule has 1 aromatic heterocycles. The second-order valence-electron chi connectivity index (χ2n) is 15.1. The van der Waals surface area contributed by atoms with E-state index < -0.39 is 5.41 Å². The molecule has 2 aliphatic rings. The molecule has 57 heavy (non-hydrogen) atoms. The van der Waals surface area contributed by atoms with Gasteiger partial charge in [0.1, 0.15) is 5.58 Å². The third-order valence-corrected chi connectivity index (χ3v) is 12.3. The lowest BCUT2D eigenvalue weighted by Gasteiger charge is -2.33. The van der Waals surface area contributed by atoms with E-state index in [1.165, 1.54) is 55.6 Å². The van der Waals surface area contributed by atoms with Gasteiger partial charge in [-0.05, 0) is 91.5 Å². The first kappa shape index (κ1) is 31.9. The summed E-state index contributed by atoms with van der Waals surface area (Å²) in [5.41, 5.74) is 19.3. The first-order valence-corrected chi connectivity index (χ1v) is 19.7. The molecular weight excluding hydrogens is 691 g/mol. The third kappa shape index (κ3) is 4.47. The highest BCUT2D eigenvalue weighted by Crippen LogP contribution is 2.65. The molecule has 2 heteroatoms. The van der Waals surface area contributed by atoms with E-state index in [2.05, 4.69) is 217 Å². The second-order valence-corrected chi connectivity index (χ2v) is 15.1. The fraction of sp³-hybridized carbons (Fsp3) is 0.0182. The van der Waals surface area contributed by atoms with Crippen LogP contribution in [0.5, 0.6) is 0 Å². The predicted octanol–water partition coefficient (Wildman–Crippen LogP) is 14.7. The van der Waals surface area contributed by atoms with E-state index in [1.54, 1.807) is 0 Å². The zero-order valence-corrected chi connectivity index (χ0v) is 31.1. The van der Waals surface area contributed by atoms with Crippen LogP contribution in [0.15, 0.2) is 217 Å². The first-order chi connectivity index (χ1) is 28.3. The Bertz CT molecular complexity index is 3130. The van der Waals surface area contributed by atoms with Crippen molar-refractivity contribution in [2.75, 3.05) is 4.90 Å². The Kier molecular flexibility index (Phi) is 6.88. The third-order valence-electron chi connectivity index (χ3n) is 12.3. The van der Waals surface area contributed by atoms with Crippen LogP contribution in [-0.4, -0.2) is 0 Å². The molecule has 1 spiro atoms. The molecule has 0 radical (unpaired) electrons. The minimum atomic E-state index is -0.526. The quantitative estimate of drug-likeness (QED) is 0.176. The van der Waals surface area contributed by atoms with Crippen molar-refractivity contribution in [3.63, 3.8) is 0 Å². The molecule has 2 aliphatic carbocycles. The lowest BCUT2D eigenvalue weighted by molar-refractivity contribution is 0.668. The number of hydrogen-bond donors (Lipinski definition) is 0. The SMILES string of the molecule is c1ccc(-c2ccc(N(c3ccccc3-c3ccccc3)c3cc4c(c5c3oc3ccccc35)-c3ccccc3C43c4ccccc4-c4ccccc43)cc2)cc1. The summed E-state index contributed by atoms with van der Waals surface area (Å²) < 4.78 is 7.13. The molecule has 1 heterocycles. The van der Waals surface area contributed by atoms with Crippen LogP contribution >= 0.6 is 0 Å². The average Bonchev–Trinajstić information content (AvgIpc) is 3.92. The van der Waals surface area contributed by atoms with Gasteiger partial charge in [-0.1, -0.05) is 182 Å². The molecule has 12 rings (SSSR count). The standard InChI is InChI=1S/C55H35NO/c1-3-17-36(18-4-1)37-31-33-39(34-32-37)56(49-29-15-10-21-40(49)38-19-5-2-6-20-38)50-35-48-52(53-44-25-11-16-30-51(44)57-54(50)53)43-24-9-14-28-47(43)55(48)45-26-12-7-22-41(45)42-23-8-13-27-46(42)55/h1-35H. The van der Waals surface area contributed by atoms with Crippen molar-refractivity contribution in [1.82, 2.24) is 0 Å². The van der Waals surface area contributed by atoms with Crippen LogP contribution in [0, 0.1) is 0 Å². The lowest BCUT2D eigenvalue weighted by Crippen LogP contribution is -2.26. The van der Waals surface area contributed by atoms with Crippen LogP contribution in [0.4, 0.5) is 17.1 Å². The minimum Gasteiger partial charge on any atom is -0.454 e. The molecule has 2 nitrogen and oxygen atoms in total. The van der Waals surface area contributed by atoms with Crippen LogP contribution in [0.2, 0.25) is 0 Å². The smallest absolute Gasteiger partial charge is 0.160 e. The van der Waals surface area contributed by atoms with Crippen LogP contribution in [0.25, 0.3) is 66.4 Å². The summed E-state index contributed by atoms with van der Waals surface area (Å²) in [4.78, 5) is 2.44. The Hall–Kier alpha value is -7.42. The summed E-state index contributed by atoms with van der Waals surface area (Å²) in [5.74, 6) is 0. The molecule has 0 saturated carbocycles. The number of fused-ring (bicyclic) bond motifs is 14. The number of rotatable bonds is 5. The van der Waals surface area contributed by atoms with Gasteiger partial charge in [-0.2, -0.15) is 0 Å². The highest BCUT2D eigenvalue weighted by atomic mass is 16.3. The average molecular weight is 726 g/mol. The van der Waals surface area contributed by atoms with E-state index in [9.17, 15) is 0 Å². The summed E-state index contributed by atoms with van der Waals surface area (Å²) in [6.07, 6.45) is 0. The van der Waals surface area contributed by atoms with Crippen LogP contribution in [0.1, 0.15) is 22.3 Å². The monoisotopic (exact) mass is 725 g/mol. The van der Waals surface area contributed by atoms with Gasteiger partial charge in [-0.25, -0.2) is 0 Å². The van der Waals surface area contributed by atoms with Crippen LogP contribution in [-0.2, 0) is 5.41 Å². The molecular formula is C55H35NO. The Balaban J connectivity index is 1.23. The van der Waals surface area contributed by atoms with Crippen molar-refractivity contribution in [2.24, 2.45) is 0 Å². The van der Waals surface area contributed by atoms with Crippen molar-refractivity contribution < 1.29 is 4.42 Å². The summed E-state index contributed by atoms with van der Waals surface area (Å²) in [7, 11) is 0. The Morgan fingerprint density at radius 1 is 0.368 bits per heavy atom. The van der Waals surface area contributed by atoms with Crippen molar-refractivity contribution in [3.8, 4) is 44.5 Å². The second kappa shape index (κ2) is 12.3. The summed E-state index contributed by atoms with van der Waals surface area (Å²) >= 11 is 0. The van der Waals surface area contributed by atoms with Gasteiger partial charge in [0.15, 0.2) is 5.58 Å². The molecule has 0 unspecified atom stereocenters. The van der Waals surface area contributed by atoms with Gasteiger partial charge in [0.25, 0.3) is 0 Å². The van der Waals surface area contributed by atoms with E-state index in [1.807, 2.05) is 0 Å². The normalized spacial score (nSPS) is 13.1. The first-order valence-electron chi connectivity index (χ1n) is 19.7. The molecule has 0 atom stereocenters. The largest absolute Gasteiger partial charge is 0.454 e. The highest BCUT2D eigenvalue weighted by Gasteiger charge is 2.52. The van der Waals surface area contributed by atoms with Gasteiger partial charge in [0, 0.05) is 22.0 Å². The number of furan rings is 1. The van der Waals surface area contributed by atoms with E-state index in [0.717, 1.165) is 50.1 Å². The van der Waals surface area contributed by atoms with Crippen molar-refractivity contribution in [1.29, 1.82) is 0 Å². The number of anilines is 3. The van der Waals surface area contributed by atoms with Gasteiger partial charge < -0.3 is 9.32 Å². The molecule has 0 saturated heterocycles. The van der Waals surface area contributed by atoms with Crippen molar-refractivity contribution >= 4 is 39.0 Å². The highest BCUT2D eigenvalue weighted by molar-refractivity contribution is 6.20. The van der Waals surface area contributed by atoms with E-state index in [-0.39, 0.29) is 0 Å². The van der Waals surface area contributed by atoms with Gasteiger partial charge in [-0.15, -0.1) is 0 Å². The molecule has 0 aliphatic heterocycles. The van der Waals surface area contributed by atoms with E-state index in [0.29, 0.717) is 0 Å². The van der Waals surface area contributed by atoms with Gasteiger partial charge in [0.2, 0.25) is 0 Å². The van der Waals surface area contributed by atoms with Gasteiger partial charge >= 0.3 is 0 Å². The molecule has 10 aromatic rings. The zero-order valence-electron chi connectivity index (χ0n) is 31.1. The predicted molar refractivity (Wildman–Crippen MR) is 236 cm³/mol. The summed E-state index contributed by atoms with van der Waals surface area (Å²) in [6, 6.07) is 77.3. The fourth-order valence-electron chi connectivity index (χ4n) is 9.99. The number of benzene rings is 9. The molecule has 0 fully saturated rings. The maximum absolute atomic E-state index is 7.13. The Labute approximate surface area is 331 Å². The molecule has 0 amide bonds. The van der Waals surface area contributed by atoms with Crippen molar-refractivity contribution in [3.05, 3.63) is 235 Å². The summed E-state index contributed by atoms with van der Waals surface area (Å²) in [6.45, 7) is 0. The Morgan fingerprint density at radius 2 is 0.877 bits per heavy atom. The Morgan fingerprint density at radius 3 is 1.56 bits per heavy atom. The van der Waals surface area contributed by atoms with Gasteiger partial charge in [-0.3, -0.25) is 0 Å². The topological polar surface area (TPSA) is 16.4 Å². The fourth-order valence-corrected chi connectivity index (χ4v) is 9.99. The maximum Gasteiger partial charge on any atom is 0.160 e. The molecule has 266 valence electrons. The van der Waals surface area contributed by atoms with E-state index in [4.69, 9.17) is 4.42 Å². The number of para-hydroxylation sites is 2. The number of hydrogen-bond acceptors (Lipinski definition) is 2. The molecule has 9 aromatic carbocycles. The maximum atomic E-state index is 7.13. The zero-order chi connectivity index (χ0) is 37.5. The number of nitrogens with zero attached hydrogens (tertiary/aromatic N) is 1. The van der Waals surface area contributed by atoms with E-state index >= 15 is 0 Å². The molecule has 0 N–H and O–H groups in total. The molecule has 0 bridgehead atoms. The van der Waals surface area contributed by atoms with Crippen molar-refractivity contribution in [2.45, 2.75) is 5.41 Å². The summed E-state index contributed by atoms with van der Waals surface area (Å²) in [5, 5.41) is 2.26. The van der Waals surface area contributed by atoms with Crippen LogP contribution < -0.4 is 4.90 Å². The van der Waals surface area contributed by atoms with Gasteiger partial charge in [0.05, 0.1) is 16.8 Å². The lowest BCUT2D eigenvalue weighted by atomic mass is 9.70.